The van der Waals surface area contributed by atoms with Gasteiger partial charge in [-0.15, -0.1) is 0 Å². The first-order valence-electron chi connectivity index (χ1n) is 28.9. The zero-order valence-electron chi connectivity index (χ0n) is 44.3. The Kier molecular flexibility index (Phi) is 39.9. The number of allylic oxidation sites excluding steroid dienone is 2. The minimum absolute atomic E-state index is 0.214. The van der Waals surface area contributed by atoms with Crippen molar-refractivity contribution in [2.75, 3.05) is 19.8 Å². The number of hydrogen-bond acceptors (Lipinski definition) is 13. The van der Waals surface area contributed by atoms with E-state index in [1.165, 1.54) is 173 Å². The Morgan fingerprint density at radius 2 is 0.900 bits per heavy atom. The standard InChI is InChI=1S/C56H107NO13/c1-3-5-7-8-9-10-11-12-13-14-15-16-17-18-19-20-21-22-23-24-25-26-27-28-29-30-31-32-33-34-35-36-38-40-48(61)57-44(45(60)39-37-6-4-2)43-67-55-53(66)51(64)54(47(42-59)69-55)70-56-52(65)50(63)49(62)46(41-58)68-56/h14-15,44-47,49-56,58-60,62-66H,3-13,16-43H2,1-2H3,(H,57,61)/b15-14-. The third-order valence-corrected chi connectivity index (χ3v) is 14.5. The first kappa shape index (κ1) is 64.8. The van der Waals surface area contributed by atoms with Crippen molar-refractivity contribution >= 4 is 5.91 Å². The molecule has 0 saturated carbocycles. The van der Waals surface area contributed by atoms with Crippen LogP contribution in [-0.4, -0.2) is 140 Å². The van der Waals surface area contributed by atoms with Crippen LogP contribution in [0.3, 0.4) is 0 Å². The number of hydrogen-bond donors (Lipinski definition) is 9. The summed E-state index contributed by atoms with van der Waals surface area (Å²) in [6.45, 7) is 2.69. The van der Waals surface area contributed by atoms with E-state index in [-0.39, 0.29) is 12.5 Å². The van der Waals surface area contributed by atoms with E-state index < -0.39 is 86.8 Å². The molecule has 0 radical (unpaired) electrons. The van der Waals surface area contributed by atoms with Crippen LogP contribution in [-0.2, 0) is 23.7 Å². The number of unbranched alkanes of at least 4 members (excludes halogenated alkanes) is 31. The second kappa shape index (κ2) is 43.0. The quantitative estimate of drug-likeness (QED) is 0.0205. The molecule has 2 aliphatic rings. The third-order valence-electron chi connectivity index (χ3n) is 14.5. The number of amides is 1. The molecule has 14 heteroatoms. The normalized spacial score (nSPS) is 26.0. The van der Waals surface area contributed by atoms with Crippen LogP contribution in [0.5, 0.6) is 0 Å². The van der Waals surface area contributed by atoms with Crippen LogP contribution in [0, 0.1) is 0 Å². The van der Waals surface area contributed by atoms with E-state index >= 15 is 0 Å². The summed E-state index contributed by atoms with van der Waals surface area (Å²) in [7, 11) is 0. The molecule has 2 saturated heterocycles. The Hall–Kier alpha value is -1.27. The Balaban J connectivity index is 1.48. The first-order valence-corrected chi connectivity index (χ1v) is 28.9. The van der Waals surface area contributed by atoms with Gasteiger partial charge in [0, 0.05) is 6.42 Å². The van der Waals surface area contributed by atoms with E-state index in [0.717, 1.165) is 44.9 Å². The van der Waals surface area contributed by atoms with Gasteiger partial charge < -0.3 is 65.1 Å². The van der Waals surface area contributed by atoms with E-state index in [1.807, 2.05) is 0 Å². The first-order chi connectivity index (χ1) is 34.1. The molecule has 0 aromatic rings. The highest BCUT2D eigenvalue weighted by Gasteiger charge is 2.51. The summed E-state index contributed by atoms with van der Waals surface area (Å²) in [4.78, 5) is 13.0. The van der Waals surface area contributed by atoms with Gasteiger partial charge in [0.1, 0.15) is 48.8 Å². The topological polar surface area (TPSA) is 228 Å². The molecule has 0 aromatic heterocycles. The predicted octanol–water partition coefficient (Wildman–Crippen LogP) is 9.11. The van der Waals surface area contributed by atoms with Gasteiger partial charge in [0.15, 0.2) is 12.6 Å². The van der Waals surface area contributed by atoms with Crippen molar-refractivity contribution in [3.8, 4) is 0 Å². The van der Waals surface area contributed by atoms with E-state index in [1.54, 1.807) is 0 Å². The van der Waals surface area contributed by atoms with Gasteiger partial charge in [-0.05, 0) is 38.5 Å². The molecule has 12 unspecified atom stereocenters. The van der Waals surface area contributed by atoms with Crippen molar-refractivity contribution < 1.29 is 64.6 Å². The SMILES string of the molecule is CCCCCCCCCC/C=C\CCCCCCCCCCCCCCCCCCCCCCCC(=O)NC(COC1OC(CO)C(OC2OC(CO)C(O)C(O)C2O)C(O)C1O)C(O)CCCCC. The number of carbonyl (C=O) groups is 1. The van der Waals surface area contributed by atoms with Gasteiger partial charge in [-0.25, -0.2) is 0 Å². The Bertz CT molecular complexity index is 1230. The van der Waals surface area contributed by atoms with E-state index in [9.17, 15) is 45.6 Å². The van der Waals surface area contributed by atoms with Crippen molar-refractivity contribution in [1.29, 1.82) is 0 Å². The molecule has 0 spiro atoms. The number of carbonyl (C=O) groups excluding carboxylic acids is 1. The number of aliphatic hydroxyl groups is 8. The molecule has 2 aliphatic heterocycles. The van der Waals surface area contributed by atoms with E-state index in [2.05, 4.69) is 31.3 Å². The minimum atomic E-state index is -1.78. The minimum Gasteiger partial charge on any atom is -0.394 e. The lowest BCUT2D eigenvalue weighted by Crippen LogP contribution is -2.65. The maximum Gasteiger partial charge on any atom is 0.220 e. The molecular formula is C56H107NO13. The summed E-state index contributed by atoms with van der Waals surface area (Å²) in [6.07, 6.45) is 32.3. The highest BCUT2D eigenvalue weighted by atomic mass is 16.7. The Morgan fingerprint density at radius 1 is 0.500 bits per heavy atom. The molecule has 0 aromatic carbocycles. The fourth-order valence-electron chi connectivity index (χ4n) is 9.76. The second-order valence-corrected chi connectivity index (χ2v) is 20.8. The lowest BCUT2D eigenvalue weighted by atomic mass is 9.97. The van der Waals surface area contributed by atoms with Crippen LogP contribution in [0.2, 0.25) is 0 Å². The molecule has 0 bridgehead atoms. The summed E-state index contributed by atoms with van der Waals surface area (Å²) >= 11 is 0. The van der Waals surface area contributed by atoms with Gasteiger partial charge >= 0.3 is 0 Å². The van der Waals surface area contributed by atoms with Gasteiger partial charge in [0.2, 0.25) is 5.91 Å². The molecule has 2 rings (SSSR count). The van der Waals surface area contributed by atoms with E-state index in [4.69, 9.17) is 18.9 Å². The molecular weight excluding hydrogens is 895 g/mol. The maximum atomic E-state index is 13.0. The van der Waals surface area contributed by atoms with Gasteiger partial charge in [-0.2, -0.15) is 0 Å². The molecule has 14 nitrogen and oxygen atoms in total. The molecule has 12 atom stereocenters. The van der Waals surface area contributed by atoms with Crippen molar-refractivity contribution in [3.05, 3.63) is 12.2 Å². The zero-order chi connectivity index (χ0) is 51.0. The van der Waals surface area contributed by atoms with Crippen molar-refractivity contribution in [3.63, 3.8) is 0 Å². The monoisotopic (exact) mass is 1000 g/mol. The average molecular weight is 1000 g/mol. The lowest BCUT2D eigenvalue weighted by molar-refractivity contribution is -0.359. The summed E-state index contributed by atoms with van der Waals surface area (Å²) in [5.41, 5.74) is 0. The number of ether oxygens (including phenoxy) is 4. The van der Waals surface area contributed by atoms with Crippen LogP contribution < -0.4 is 5.32 Å². The van der Waals surface area contributed by atoms with Crippen LogP contribution >= 0.6 is 0 Å². The van der Waals surface area contributed by atoms with Crippen LogP contribution in [0.25, 0.3) is 0 Å². The fourth-order valence-corrected chi connectivity index (χ4v) is 9.76. The summed E-state index contributed by atoms with van der Waals surface area (Å²) < 4.78 is 22.6. The van der Waals surface area contributed by atoms with Crippen molar-refractivity contribution in [2.45, 2.75) is 319 Å². The Morgan fingerprint density at radius 3 is 1.36 bits per heavy atom. The molecule has 2 heterocycles. The molecule has 414 valence electrons. The number of aliphatic hydroxyl groups excluding tert-OH is 8. The predicted molar refractivity (Wildman–Crippen MR) is 277 cm³/mol. The highest BCUT2D eigenvalue weighted by molar-refractivity contribution is 5.76. The van der Waals surface area contributed by atoms with Crippen molar-refractivity contribution in [1.82, 2.24) is 5.32 Å². The van der Waals surface area contributed by atoms with Crippen molar-refractivity contribution in [2.24, 2.45) is 0 Å². The highest BCUT2D eigenvalue weighted by Crippen LogP contribution is 2.30. The summed E-state index contributed by atoms with van der Waals surface area (Å²) in [5, 5.41) is 86.1. The van der Waals surface area contributed by atoms with E-state index in [0.29, 0.717) is 12.8 Å². The zero-order valence-corrected chi connectivity index (χ0v) is 44.3. The number of nitrogens with one attached hydrogen (secondary N) is 1. The number of rotatable bonds is 46. The van der Waals surface area contributed by atoms with Crippen LogP contribution in [0.15, 0.2) is 12.2 Å². The van der Waals surface area contributed by atoms with Gasteiger partial charge in [0.05, 0.1) is 32.0 Å². The fraction of sp³-hybridized carbons (Fsp3) is 0.946. The lowest BCUT2D eigenvalue weighted by Gasteiger charge is -2.46. The van der Waals surface area contributed by atoms with Gasteiger partial charge in [-0.3, -0.25) is 4.79 Å². The molecule has 9 N–H and O–H groups in total. The summed E-state index contributed by atoms with van der Waals surface area (Å²) in [6, 6.07) is -0.820. The third kappa shape index (κ3) is 29.0. The molecule has 2 fully saturated rings. The molecule has 0 aliphatic carbocycles. The molecule has 1 amide bonds. The average Bonchev–Trinajstić information content (AvgIpc) is 3.36. The largest absolute Gasteiger partial charge is 0.394 e. The second-order valence-electron chi connectivity index (χ2n) is 20.8. The van der Waals surface area contributed by atoms with Gasteiger partial charge in [0.25, 0.3) is 0 Å². The smallest absolute Gasteiger partial charge is 0.220 e. The molecule has 70 heavy (non-hydrogen) atoms. The van der Waals surface area contributed by atoms with Gasteiger partial charge in [-0.1, -0.05) is 212 Å². The van der Waals surface area contributed by atoms with Crippen LogP contribution in [0.4, 0.5) is 0 Å². The maximum absolute atomic E-state index is 13.0. The summed E-state index contributed by atoms with van der Waals surface area (Å²) in [5.74, 6) is -0.214. The Labute approximate surface area is 425 Å². The van der Waals surface area contributed by atoms with Crippen LogP contribution in [0.1, 0.15) is 245 Å².